The maximum atomic E-state index is 10.4. The molecule has 4 heteroatoms. The predicted molar refractivity (Wildman–Crippen MR) is 83.7 cm³/mol. The summed E-state index contributed by atoms with van der Waals surface area (Å²) in [5, 5.41) is 8.59. The minimum Gasteiger partial charge on any atom is -0.481 e. The molecule has 116 valence electrons. The lowest BCUT2D eigenvalue weighted by Gasteiger charge is -2.05. The van der Waals surface area contributed by atoms with Crippen molar-refractivity contribution in [3.63, 3.8) is 0 Å². The first kappa shape index (κ1) is 17.4. The zero-order valence-electron chi connectivity index (χ0n) is 12.7. The molecule has 0 radical (unpaired) electrons. The van der Waals surface area contributed by atoms with Crippen LogP contribution in [-0.4, -0.2) is 17.6 Å². The maximum absolute atomic E-state index is 10.4. The molecule has 0 saturated carbocycles. The second-order valence-corrected chi connectivity index (χ2v) is 5.11. The fraction of sp³-hybridized carbons (Fsp3) is 0.471. The molecule has 0 heterocycles. The Labute approximate surface area is 126 Å². The fourth-order valence-electron chi connectivity index (χ4n) is 1.88. The monoisotopic (exact) mass is 291 g/mol. The number of benzene rings is 1. The number of nitrogens with one attached hydrogen (secondary N) is 1. The van der Waals surface area contributed by atoms with Crippen molar-refractivity contribution < 1.29 is 14.7 Å². The molecule has 4 nitrogen and oxygen atoms in total. The van der Waals surface area contributed by atoms with Gasteiger partial charge in [-0.15, -0.1) is 0 Å². The number of unbranched alkanes of at least 4 members (excludes halogenated alkanes) is 2. The molecule has 0 aromatic heterocycles. The van der Waals surface area contributed by atoms with Crippen LogP contribution in [0.2, 0.25) is 0 Å². The van der Waals surface area contributed by atoms with Gasteiger partial charge in [0.05, 0.1) is 6.61 Å². The average Bonchev–Trinajstić information content (AvgIpc) is 2.49. The summed E-state index contributed by atoms with van der Waals surface area (Å²) in [4.78, 5) is 15.8. The summed E-state index contributed by atoms with van der Waals surface area (Å²) in [6, 6.07) is 10.1. The van der Waals surface area contributed by atoms with Gasteiger partial charge in [-0.1, -0.05) is 42.0 Å². The van der Waals surface area contributed by atoms with Crippen LogP contribution >= 0.6 is 0 Å². The van der Waals surface area contributed by atoms with Gasteiger partial charge >= 0.3 is 5.97 Å². The maximum Gasteiger partial charge on any atom is 0.303 e. The molecule has 0 atom stereocenters. The molecule has 0 aliphatic carbocycles. The summed E-state index contributed by atoms with van der Waals surface area (Å²) in [5.74, 6) is -0.734. The first-order valence-electron chi connectivity index (χ1n) is 7.44. The van der Waals surface area contributed by atoms with Gasteiger partial charge in [0, 0.05) is 13.0 Å². The van der Waals surface area contributed by atoms with Crippen molar-refractivity contribution in [2.75, 3.05) is 6.54 Å². The molecule has 0 spiro atoms. The van der Waals surface area contributed by atoms with Gasteiger partial charge in [0.2, 0.25) is 0 Å². The van der Waals surface area contributed by atoms with Gasteiger partial charge in [0.15, 0.2) is 0 Å². The Morgan fingerprint density at radius 1 is 1.24 bits per heavy atom. The van der Waals surface area contributed by atoms with Crippen molar-refractivity contribution >= 4 is 5.97 Å². The van der Waals surface area contributed by atoms with Gasteiger partial charge in [0.1, 0.15) is 0 Å². The minimum atomic E-state index is -0.734. The lowest BCUT2D eigenvalue weighted by molar-refractivity contribution is -0.136. The molecule has 0 aliphatic rings. The van der Waals surface area contributed by atoms with E-state index in [4.69, 9.17) is 9.94 Å². The van der Waals surface area contributed by atoms with E-state index in [0.29, 0.717) is 13.0 Å². The van der Waals surface area contributed by atoms with Crippen molar-refractivity contribution in [1.82, 2.24) is 5.48 Å². The Kier molecular flexibility index (Phi) is 9.16. The Bertz CT molecular complexity index is 429. The Morgan fingerprint density at radius 3 is 2.71 bits per heavy atom. The van der Waals surface area contributed by atoms with Crippen molar-refractivity contribution in [3.05, 3.63) is 47.5 Å². The zero-order valence-corrected chi connectivity index (χ0v) is 12.7. The number of hydrogen-bond acceptors (Lipinski definition) is 3. The standard InChI is InChI=1S/C17H25NO3/c1-15(11-12-17(19)20)8-4-3-7-13-18-21-14-16-9-5-2-6-10-16/h2,5-6,8-10,18H,3-4,7,11-14H2,1H3,(H,19,20). The van der Waals surface area contributed by atoms with E-state index in [-0.39, 0.29) is 6.42 Å². The van der Waals surface area contributed by atoms with E-state index in [1.54, 1.807) is 0 Å². The number of carboxylic acids is 1. The van der Waals surface area contributed by atoms with Crippen LogP contribution in [0, 0.1) is 0 Å². The first-order valence-corrected chi connectivity index (χ1v) is 7.44. The Balaban J connectivity index is 1.95. The molecule has 0 bridgehead atoms. The number of rotatable bonds is 11. The van der Waals surface area contributed by atoms with Crippen LogP contribution in [0.25, 0.3) is 0 Å². The van der Waals surface area contributed by atoms with Crippen molar-refractivity contribution in [3.8, 4) is 0 Å². The van der Waals surface area contributed by atoms with Crippen LogP contribution in [0.5, 0.6) is 0 Å². The zero-order chi connectivity index (χ0) is 15.3. The van der Waals surface area contributed by atoms with Crippen LogP contribution in [-0.2, 0) is 16.2 Å². The highest BCUT2D eigenvalue weighted by atomic mass is 16.6. The largest absolute Gasteiger partial charge is 0.481 e. The summed E-state index contributed by atoms with van der Waals surface area (Å²) in [7, 11) is 0. The van der Waals surface area contributed by atoms with E-state index in [1.807, 2.05) is 37.3 Å². The van der Waals surface area contributed by atoms with E-state index in [2.05, 4.69) is 11.6 Å². The second kappa shape index (κ2) is 11.1. The third kappa shape index (κ3) is 9.82. The number of allylic oxidation sites excluding steroid dienone is 2. The highest BCUT2D eigenvalue weighted by Gasteiger charge is 1.97. The molecule has 0 amide bonds. The van der Waals surface area contributed by atoms with Gasteiger partial charge in [-0.25, -0.2) is 5.48 Å². The number of aliphatic carboxylic acids is 1. The highest BCUT2D eigenvalue weighted by molar-refractivity contribution is 5.66. The van der Waals surface area contributed by atoms with Gasteiger partial charge in [0.25, 0.3) is 0 Å². The summed E-state index contributed by atoms with van der Waals surface area (Å²) in [5.41, 5.74) is 5.28. The fourth-order valence-corrected chi connectivity index (χ4v) is 1.88. The number of hydroxylamine groups is 1. The van der Waals surface area contributed by atoms with Crippen molar-refractivity contribution in [2.24, 2.45) is 0 Å². The van der Waals surface area contributed by atoms with Crippen molar-refractivity contribution in [1.29, 1.82) is 0 Å². The van der Waals surface area contributed by atoms with Gasteiger partial charge < -0.3 is 5.11 Å². The van der Waals surface area contributed by atoms with Crippen LogP contribution < -0.4 is 5.48 Å². The molecular formula is C17H25NO3. The molecule has 0 unspecified atom stereocenters. The summed E-state index contributed by atoms with van der Waals surface area (Å²) in [6.07, 6.45) is 6.11. The van der Waals surface area contributed by atoms with Crippen molar-refractivity contribution in [2.45, 2.75) is 45.6 Å². The second-order valence-electron chi connectivity index (χ2n) is 5.11. The number of carbonyl (C=O) groups is 1. The highest BCUT2D eigenvalue weighted by Crippen LogP contribution is 2.07. The van der Waals surface area contributed by atoms with E-state index >= 15 is 0 Å². The van der Waals surface area contributed by atoms with Gasteiger partial charge in [-0.05, 0) is 38.2 Å². The summed E-state index contributed by atoms with van der Waals surface area (Å²) in [6.45, 7) is 3.40. The number of hydrogen-bond donors (Lipinski definition) is 2. The minimum absolute atomic E-state index is 0.219. The SMILES string of the molecule is CC(=CCCCCNOCc1ccccc1)CCC(=O)O. The molecule has 1 rings (SSSR count). The normalized spacial score (nSPS) is 11.6. The lowest BCUT2D eigenvalue weighted by Crippen LogP contribution is -2.15. The molecule has 2 N–H and O–H groups in total. The third-order valence-corrected chi connectivity index (χ3v) is 3.14. The van der Waals surface area contributed by atoms with Crippen LogP contribution in [0.15, 0.2) is 42.0 Å². The smallest absolute Gasteiger partial charge is 0.303 e. The summed E-state index contributed by atoms with van der Waals surface area (Å²) < 4.78 is 0. The Morgan fingerprint density at radius 2 is 2.00 bits per heavy atom. The Hall–Kier alpha value is -1.65. The van der Waals surface area contributed by atoms with E-state index in [9.17, 15) is 4.79 Å². The quantitative estimate of drug-likeness (QED) is 0.371. The molecular weight excluding hydrogens is 266 g/mol. The molecule has 1 aromatic rings. The van der Waals surface area contributed by atoms with E-state index in [1.165, 1.54) is 0 Å². The van der Waals surface area contributed by atoms with E-state index in [0.717, 1.165) is 36.9 Å². The lowest BCUT2D eigenvalue weighted by atomic mass is 10.1. The first-order chi connectivity index (χ1) is 10.2. The van der Waals surface area contributed by atoms with Crippen LogP contribution in [0.1, 0.15) is 44.6 Å². The number of carboxylic acid groups (broad SMARTS) is 1. The molecule has 0 fully saturated rings. The third-order valence-electron chi connectivity index (χ3n) is 3.14. The van der Waals surface area contributed by atoms with Crippen LogP contribution in [0.4, 0.5) is 0 Å². The average molecular weight is 291 g/mol. The predicted octanol–water partition coefficient (Wildman–Crippen LogP) is 3.69. The van der Waals surface area contributed by atoms with Crippen LogP contribution in [0.3, 0.4) is 0 Å². The van der Waals surface area contributed by atoms with E-state index < -0.39 is 5.97 Å². The molecule has 0 saturated heterocycles. The molecule has 0 aliphatic heterocycles. The van der Waals surface area contributed by atoms with Gasteiger partial charge in [-0.2, -0.15) is 0 Å². The van der Waals surface area contributed by atoms with Gasteiger partial charge in [-0.3, -0.25) is 9.63 Å². The topological polar surface area (TPSA) is 58.6 Å². The molecule has 21 heavy (non-hydrogen) atoms. The summed E-state index contributed by atoms with van der Waals surface area (Å²) >= 11 is 0. The molecule has 1 aromatic carbocycles.